The number of benzene rings is 1. The first-order valence-corrected chi connectivity index (χ1v) is 5.82. The maximum Gasteiger partial charge on any atom is 0.237 e. The monoisotopic (exact) mass is 236 g/mol. The van der Waals surface area contributed by atoms with Crippen molar-refractivity contribution in [3.63, 3.8) is 0 Å². The summed E-state index contributed by atoms with van der Waals surface area (Å²) >= 11 is 0. The lowest BCUT2D eigenvalue weighted by atomic mass is 9.92. The van der Waals surface area contributed by atoms with Crippen LogP contribution in [0.5, 0.6) is 0 Å². The Morgan fingerprint density at radius 3 is 2.53 bits per heavy atom. The van der Waals surface area contributed by atoms with Crippen LogP contribution in [-0.4, -0.2) is 17.5 Å². The molecule has 92 valence electrons. The summed E-state index contributed by atoms with van der Waals surface area (Å²) in [6.45, 7) is 1.80. The Morgan fingerprint density at radius 2 is 2.06 bits per heavy atom. The zero-order valence-corrected chi connectivity index (χ0v) is 9.87. The SMILES string of the molecule is CC(Cc1ccc(F)cc1)(NC1CC1)C(N)=O. The van der Waals surface area contributed by atoms with Crippen LogP contribution in [0.2, 0.25) is 0 Å². The molecule has 1 aliphatic carbocycles. The minimum atomic E-state index is -0.751. The van der Waals surface area contributed by atoms with Gasteiger partial charge in [0.1, 0.15) is 5.82 Å². The van der Waals surface area contributed by atoms with E-state index in [-0.39, 0.29) is 11.7 Å². The first kappa shape index (κ1) is 12.0. The lowest BCUT2D eigenvalue weighted by Crippen LogP contribution is -2.55. The van der Waals surface area contributed by atoms with Crippen molar-refractivity contribution < 1.29 is 9.18 Å². The molecule has 0 saturated heterocycles. The van der Waals surface area contributed by atoms with E-state index in [0.29, 0.717) is 12.5 Å². The normalized spacial score (nSPS) is 18.7. The van der Waals surface area contributed by atoms with Crippen LogP contribution in [0.25, 0.3) is 0 Å². The van der Waals surface area contributed by atoms with E-state index in [0.717, 1.165) is 18.4 Å². The van der Waals surface area contributed by atoms with Gasteiger partial charge >= 0.3 is 0 Å². The quantitative estimate of drug-likeness (QED) is 0.811. The third-order valence-corrected chi connectivity index (χ3v) is 3.11. The van der Waals surface area contributed by atoms with Gasteiger partial charge in [-0.2, -0.15) is 0 Å². The van der Waals surface area contributed by atoms with Crippen molar-refractivity contribution in [2.75, 3.05) is 0 Å². The van der Waals surface area contributed by atoms with Crippen LogP contribution in [0.1, 0.15) is 25.3 Å². The van der Waals surface area contributed by atoms with E-state index in [1.807, 2.05) is 0 Å². The van der Waals surface area contributed by atoms with Crippen LogP contribution >= 0.6 is 0 Å². The lowest BCUT2D eigenvalue weighted by molar-refractivity contribution is -0.123. The van der Waals surface area contributed by atoms with Crippen LogP contribution in [0.4, 0.5) is 4.39 Å². The summed E-state index contributed by atoms with van der Waals surface area (Å²) in [7, 11) is 0. The van der Waals surface area contributed by atoms with Crippen molar-refractivity contribution in [3.05, 3.63) is 35.6 Å². The largest absolute Gasteiger partial charge is 0.368 e. The maximum atomic E-state index is 12.8. The van der Waals surface area contributed by atoms with Gasteiger partial charge in [0.15, 0.2) is 0 Å². The number of carbonyl (C=O) groups is 1. The fraction of sp³-hybridized carbons (Fsp3) is 0.462. The van der Waals surface area contributed by atoms with Gasteiger partial charge in [-0.3, -0.25) is 4.79 Å². The number of hydrogen-bond donors (Lipinski definition) is 2. The molecule has 3 nitrogen and oxygen atoms in total. The van der Waals surface area contributed by atoms with Gasteiger partial charge in [0.25, 0.3) is 0 Å². The Bertz CT molecular complexity index is 414. The van der Waals surface area contributed by atoms with E-state index >= 15 is 0 Å². The Balaban J connectivity index is 2.11. The minimum absolute atomic E-state index is 0.273. The van der Waals surface area contributed by atoms with Crippen molar-refractivity contribution >= 4 is 5.91 Å². The Morgan fingerprint density at radius 1 is 1.47 bits per heavy atom. The second-order valence-electron chi connectivity index (χ2n) is 4.92. The van der Waals surface area contributed by atoms with Gasteiger partial charge in [-0.05, 0) is 43.9 Å². The fourth-order valence-corrected chi connectivity index (χ4v) is 1.90. The summed E-state index contributed by atoms with van der Waals surface area (Å²) in [6, 6.07) is 6.56. The van der Waals surface area contributed by atoms with E-state index in [1.54, 1.807) is 19.1 Å². The molecule has 0 spiro atoms. The summed E-state index contributed by atoms with van der Waals surface area (Å²) in [5, 5.41) is 3.26. The number of nitrogens with one attached hydrogen (secondary N) is 1. The highest BCUT2D eigenvalue weighted by Crippen LogP contribution is 2.24. The molecule has 2 rings (SSSR count). The van der Waals surface area contributed by atoms with Gasteiger partial charge in [0.2, 0.25) is 5.91 Å². The van der Waals surface area contributed by atoms with Crippen molar-refractivity contribution in [2.24, 2.45) is 5.73 Å². The number of carbonyl (C=O) groups excluding carboxylic acids is 1. The van der Waals surface area contributed by atoms with E-state index in [9.17, 15) is 9.18 Å². The number of hydrogen-bond acceptors (Lipinski definition) is 2. The second-order valence-corrected chi connectivity index (χ2v) is 4.92. The molecule has 0 radical (unpaired) electrons. The number of primary amides is 1. The molecule has 0 heterocycles. The fourth-order valence-electron chi connectivity index (χ4n) is 1.90. The number of nitrogens with two attached hydrogens (primary N) is 1. The molecule has 0 bridgehead atoms. The summed E-state index contributed by atoms with van der Waals surface area (Å²) in [5.41, 5.74) is 5.60. The zero-order chi connectivity index (χ0) is 12.5. The topological polar surface area (TPSA) is 55.1 Å². The molecule has 17 heavy (non-hydrogen) atoms. The Kier molecular flexibility index (Phi) is 3.15. The van der Waals surface area contributed by atoms with Crippen molar-refractivity contribution in [1.82, 2.24) is 5.32 Å². The van der Waals surface area contributed by atoms with Crippen LogP contribution in [0.15, 0.2) is 24.3 Å². The summed E-state index contributed by atoms with van der Waals surface area (Å²) in [5.74, 6) is -0.640. The smallest absolute Gasteiger partial charge is 0.237 e. The van der Waals surface area contributed by atoms with E-state index in [1.165, 1.54) is 12.1 Å². The maximum absolute atomic E-state index is 12.8. The highest BCUT2D eigenvalue weighted by Gasteiger charge is 2.36. The molecule has 1 fully saturated rings. The summed E-state index contributed by atoms with van der Waals surface area (Å²) < 4.78 is 12.8. The molecule has 0 aliphatic heterocycles. The molecule has 1 atom stereocenters. The Labute approximate surface area is 100 Å². The van der Waals surface area contributed by atoms with Crippen molar-refractivity contribution in [1.29, 1.82) is 0 Å². The van der Waals surface area contributed by atoms with E-state index < -0.39 is 5.54 Å². The Hall–Kier alpha value is -1.42. The highest BCUT2D eigenvalue weighted by molar-refractivity contribution is 5.84. The average molecular weight is 236 g/mol. The molecule has 1 saturated carbocycles. The van der Waals surface area contributed by atoms with Crippen LogP contribution in [0.3, 0.4) is 0 Å². The molecule has 4 heteroatoms. The van der Waals surface area contributed by atoms with Crippen LogP contribution in [-0.2, 0) is 11.2 Å². The minimum Gasteiger partial charge on any atom is -0.368 e. The molecule has 1 aliphatic rings. The third-order valence-electron chi connectivity index (χ3n) is 3.11. The van der Waals surface area contributed by atoms with Gasteiger partial charge in [-0.1, -0.05) is 12.1 Å². The first-order chi connectivity index (χ1) is 7.99. The number of halogens is 1. The molecule has 1 aromatic rings. The van der Waals surface area contributed by atoms with E-state index in [4.69, 9.17) is 5.73 Å². The summed E-state index contributed by atoms with van der Waals surface area (Å²) in [6.07, 6.45) is 2.66. The molecule has 1 aromatic carbocycles. The highest BCUT2D eigenvalue weighted by atomic mass is 19.1. The summed E-state index contributed by atoms with van der Waals surface area (Å²) in [4.78, 5) is 11.5. The molecule has 0 aromatic heterocycles. The first-order valence-electron chi connectivity index (χ1n) is 5.82. The lowest BCUT2D eigenvalue weighted by Gasteiger charge is -2.27. The standard InChI is InChI=1S/C13H17FN2O/c1-13(12(15)17,16-11-6-7-11)8-9-2-4-10(14)5-3-9/h2-5,11,16H,6-8H2,1H3,(H2,15,17). The number of amides is 1. The van der Waals surface area contributed by atoms with Crippen molar-refractivity contribution in [3.8, 4) is 0 Å². The van der Waals surface area contributed by atoms with Crippen molar-refractivity contribution in [2.45, 2.75) is 37.8 Å². The molecular formula is C13H17FN2O. The average Bonchev–Trinajstić information content (AvgIpc) is 3.05. The van der Waals surface area contributed by atoms with Gasteiger partial charge in [-0.15, -0.1) is 0 Å². The van der Waals surface area contributed by atoms with E-state index in [2.05, 4.69) is 5.32 Å². The predicted molar refractivity (Wildman–Crippen MR) is 63.9 cm³/mol. The molecular weight excluding hydrogens is 219 g/mol. The van der Waals surface area contributed by atoms with Gasteiger partial charge in [0.05, 0.1) is 5.54 Å². The molecule has 1 amide bonds. The number of rotatable bonds is 5. The van der Waals surface area contributed by atoms with Crippen LogP contribution in [0, 0.1) is 5.82 Å². The van der Waals surface area contributed by atoms with Gasteiger partial charge in [-0.25, -0.2) is 4.39 Å². The molecule has 3 N–H and O–H groups in total. The third kappa shape index (κ3) is 3.03. The molecule has 1 unspecified atom stereocenters. The van der Waals surface area contributed by atoms with Gasteiger partial charge < -0.3 is 11.1 Å². The second kappa shape index (κ2) is 4.45. The van der Waals surface area contributed by atoms with Crippen LogP contribution < -0.4 is 11.1 Å². The zero-order valence-electron chi connectivity index (χ0n) is 9.87. The van der Waals surface area contributed by atoms with Gasteiger partial charge in [0, 0.05) is 6.04 Å². The predicted octanol–water partition coefficient (Wildman–Crippen LogP) is 1.36.